The van der Waals surface area contributed by atoms with Crippen molar-refractivity contribution in [3.05, 3.63) is 93.1 Å². The number of amides is 2. The molecule has 2 N–H and O–H groups in total. The van der Waals surface area contributed by atoms with E-state index < -0.39 is 5.91 Å². The Hall–Kier alpha value is -3.20. The Kier molecular flexibility index (Phi) is 5.57. The summed E-state index contributed by atoms with van der Waals surface area (Å²) < 4.78 is 6.69. The number of nitrogens with one attached hydrogen (secondary N) is 2. The van der Waals surface area contributed by atoms with E-state index >= 15 is 0 Å². The quantitative estimate of drug-likeness (QED) is 0.414. The van der Waals surface area contributed by atoms with E-state index in [9.17, 15) is 9.59 Å². The molecule has 0 unspecified atom stereocenters. The summed E-state index contributed by atoms with van der Waals surface area (Å²) in [5.74, 6) is -0.0821. The van der Waals surface area contributed by atoms with Crippen LogP contribution < -0.4 is 15.5 Å². The van der Waals surface area contributed by atoms with E-state index in [1.807, 2.05) is 48.5 Å². The Morgan fingerprint density at radius 2 is 1.79 bits per heavy atom. The van der Waals surface area contributed by atoms with Crippen LogP contribution in [0.3, 0.4) is 0 Å². The zero-order valence-corrected chi connectivity index (χ0v) is 17.3. The molecule has 0 spiro atoms. The van der Waals surface area contributed by atoms with Crippen molar-refractivity contribution in [2.24, 2.45) is 5.10 Å². The van der Waals surface area contributed by atoms with Crippen molar-refractivity contribution in [1.82, 2.24) is 5.43 Å². The highest BCUT2D eigenvalue weighted by Gasteiger charge is 2.26. The van der Waals surface area contributed by atoms with Crippen LogP contribution in [0.1, 0.15) is 21.5 Å². The number of rotatable bonds is 5. The van der Waals surface area contributed by atoms with Gasteiger partial charge in [-0.15, -0.1) is 0 Å². The summed E-state index contributed by atoms with van der Waals surface area (Å²) >= 11 is 2.16. The first-order chi connectivity index (χ1) is 14.1. The monoisotopic (exact) mass is 497 g/mol. The Labute approximate surface area is 181 Å². The molecule has 3 aromatic rings. The van der Waals surface area contributed by atoms with Gasteiger partial charge in [-0.25, -0.2) is 5.43 Å². The van der Waals surface area contributed by atoms with Crippen LogP contribution in [0.5, 0.6) is 5.75 Å². The second-order valence-corrected chi connectivity index (χ2v) is 7.59. The van der Waals surface area contributed by atoms with Gasteiger partial charge in [-0.3, -0.25) is 9.59 Å². The van der Waals surface area contributed by atoms with E-state index in [1.54, 1.807) is 24.3 Å². The lowest BCUT2D eigenvalue weighted by Crippen LogP contribution is -2.23. The number of nitrogens with zero attached hydrogens (tertiary/aromatic N) is 1. The number of ether oxygens (including phenoxy) is 1. The molecule has 1 aliphatic rings. The van der Waals surface area contributed by atoms with Crippen LogP contribution in [0.4, 0.5) is 5.69 Å². The molecule has 0 aromatic heterocycles. The van der Waals surface area contributed by atoms with Gasteiger partial charge in [-0.05, 0) is 70.6 Å². The molecule has 0 saturated heterocycles. The third kappa shape index (κ3) is 4.45. The van der Waals surface area contributed by atoms with E-state index in [0.29, 0.717) is 29.2 Å². The molecule has 4 rings (SSSR count). The highest BCUT2D eigenvalue weighted by molar-refractivity contribution is 14.1. The van der Waals surface area contributed by atoms with Crippen molar-refractivity contribution in [3.63, 3.8) is 0 Å². The molecule has 2 amide bonds. The van der Waals surface area contributed by atoms with Gasteiger partial charge in [0.1, 0.15) is 12.4 Å². The number of benzene rings is 3. The average Bonchev–Trinajstić information content (AvgIpc) is 3.06. The van der Waals surface area contributed by atoms with Gasteiger partial charge in [0.15, 0.2) is 5.71 Å². The van der Waals surface area contributed by atoms with Gasteiger partial charge in [-0.2, -0.15) is 5.10 Å². The summed E-state index contributed by atoms with van der Waals surface area (Å²) in [5, 5.41) is 6.76. The molecule has 0 saturated carbocycles. The Balaban J connectivity index is 1.41. The van der Waals surface area contributed by atoms with Gasteiger partial charge in [0.2, 0.25) is 0 Å². The van der Waals surface area contributed by atoms with E-state index in [-0.39, 0.29) is 11.6 Å². The van der Waals surface area contributed by atoms with Gasteiger partial charge in [0, 0.05) is 14.7 Å². The third-order valence-electron chi connectivity index (χ3n) is 4.33. The number of hydrazone groups is 1. The highest BCUT2D eigenvalue weighted by atomic mass is 127. The molecule has 7 heteroatoms. The second kappa shape index (κ2) is 8.44. The lowest BCUT2D eigenvalue weighted by atomic mass is 10.1. The Bertz CT molecular complexity index is 1100. The molecular weight excluding hydrogens is 481 g/mol. The molecule has 1 heterocycles. The first kappa shape index (κ1) is 19.1. The van der Waals surface area contributed by atoms with Crippen molar-refractivity contribution >= 4 is 45.8 Å². The van der Waals surface area contributed by atoms with Gasteiger partial charge in [0.25, 0.3) is 11.8 Å². The zero-order chi connectivity index (χ0) is 20.2. The van der Waals surface area contributed by atoms with Crippen LogP contribution in [0.2, 0.25) is 0 Å². The molecule has 0 atom stereocenters. The number of carbonyl (C=O) groups excluding carboxylic acids is 2. The fourth-order valence-electron chi connectivity index (χ4n) is 2.85. The van der Waals surface area contributed by atoms with E-state index in [1.165, 1.54) is 0 Å². The second-order valence-electron chi connectivity index (χ2n) is 6.34. The average molecular weight is 497 g/mol. The molecule has 0 fully saturated rings. The summed E-state index contributed by atoms with van der Waals surface area (Å²) in [6.07, 6.45) is 0. The van der Waals surface area contributed by atoms with Crippen LogP contribution >= 0.6 is 22.6 Å². The molecule has 1 aliphatic heterocycles. The van der Waals surface area contributed by atoms with Gasteiger partial charge < -0.3 is 10.1 Å². The summed E-state index contributed by atoms with van der Waals surface area (Å²) in [6, 6.07) is 22.1. The fourth-order valence-corrected chi connectivity index (χ4v) is 3.34. The maximum absolute atomic E-state index is 12.4. The van der Waals surface area contributed by atoms with Crippen LogP contribution in [0.15, 0.2) is 77.9 Å². The maximum atomic E-state index is 12.4. The fraction of sp³-hybridized carbons (Fsp3) is 0.0455. The molecule has 144 valence electrons. The summed E-state index contributed by atoms with van der Waals surface area (Å²) in [6.45, 7) is 0.452. The number of carbonyl (C=O) groups is 2. The number of halogens is 1. The molecule has 6 nitrogen and oxygen atoms in total. The lowest BCUT2D eigenvalue weighted by Gasteiger charge is -2.07. The van der Waals surface area contributed by atoms with Gasteiger partial charge in [0.05, 0.1) is 5.69 Å². The number of hydrogen-bond donors (Lipinski definition) is 2. The minimum atomic E-state index is -0.404. The number of anilines is 1. The van der Waals surface area contributed by atoms with Gasteiger partial charge in [-0.1, -0.05) is 30.3 Å². The standard InChI is InChI=1S/C22H16IN3O3/c23-16-8-11-19-18(12-16)20(22(28)24-19)25-26-21(27)15-6-9-17(10-7-15)29-13-14-4-2-1-3-5-14/h1-12H,13H2,(H,26,27)(H,24,25,28). The molecule has 0 radical (unpaired) electrons. The number of fused-ring (bicyclic) bond motifs is 1. The van der Waals surface area contributed by atoms with Crippen molar-refractivity contribution in [3.8, 4) is 5.75 Å². The molecule has 0 aliphatic carbocycles. The Morgan fingerprint density at radius 3 is 2.55 bits per heavy atom. The first-order valence-corrected chi connectivity index (χ1v) is 9.94. The summed E-state index contributed by atoms with van der Waals surface area (Å²) in [7, 11) is 0. The van der Waals surface area contributed by atoms with E-state index in [0.717, 1.165) is 9.13 Å². The Morgan fingerprint density at radius 1 is 1.03 bits per heavy atom. The normalized spacial score (nSPS) is 13.7. The predicted octanol–water partition coefficient (Wildman–Crippen LogP) is 3.96. The third-order valence-corrected chi connectivity index (χ3v) is 5.01. The number of hydrogen-bond acceptors (Lipinski definition) is 4. The van der Waals surface area contributed by atoms with Crippen molar-refractivity contribution in [2.45, 2.75) is 6.61 Å². The van der Waals surface area contributed by atoms with Crippen molar-refractivity contribution in [2.75, 3.05) is 5.32 Å². The summed E-state index contributed by atoms with van der Waals surface area (Å²) in [4.78, 5) is 24.5. The SMILES string of the molecule is O=C1Nc2ccc(I)cc2/C1=N\NC(=O)c1ccc(OCc2ccccc2)cc1. The largest absolute Gasteiger partial charge is 0.489 e. The molecule has 0 bridgehead atoms. The minimum Gasteiger partial charge on any atom is -0.489 e. The lowest BCUT2D eigenvalue weighted by molar-refractivity contribution is -0.110. The van der Waals surface area contributed by atoms with Crippen LogP contribution in [0, 0.1) is 3.57 Å². The van der Waals surface area contributed by atoms with E-state index in [4.69, 9.17) is 4.74 Å². The maximum Gasteiger partial charge on any atom is 0.276 e. The van der Waals surface area contributed by atoms with Gasteiger partial charge >= 0.3 is 0 Å². The smallest absolute Gasteiger partial charge is 0.276 e. The molecular formula is C22H16IN3O3. The first-order valence-electron chi connectivity index (χ1n) is 8.86. The van der Waals surface area contributed by atoms with Crippen LogP contribution in [-0.2, 0) is 11.4 Å². The molecule has 29 heavy (non-hydrogen) atoms. The topological polar surface area (TPSA) is 79.8 Å². The van der Waals surface area contributed by atoms with Crippen molar-refractivity contribution in [1.29, 1.82) is 0 Å². The molecule has 3 aromatic carbocycles. The van der Waals surface area contributed by atoms with Crippen molar-refractivity contribution < 1.29 is 14.3 Å². The zero-order valence-electron chi connectivity index (χ0n) is 15.2. The summed E-state index contributed by atoms with van der Waals surface area (Å²) in [5.41, 5.74) is 5.48. The van der Waals surface area contributed by atoms with E-state index in [2.05, 4.69) is 38.4 Å². The predicted molar refractivity (Wildman–Crippen MR) is 119 cm³/mol. The highest BCUT2D eigenvalue weighted by Crippen LogP contribution is 2.25. The van der Waals surface area contributed by atoms with Crippen LogP contribution in [-0.4, -0.2) is 17.5 Å². The van der Waals surface area contributed by atoms with Crippen LogP contribution in [0.25, 0.3) is 0 Å². The minimum absolute atomic E-state index is 0.190.